The quantitative estimate of drug-likeness (QED) is 0.366. The van der Waals surface area contributed by atoms with Crippen LogP contribution in [-0.2, 0) is 4.84 Å². The summed E-state index contributed by atoms with van der Waals surface area (Å²) in [5.74, 6) is -0.789. The highest BCUT2D eigenvalue weighted by molar-refractivity contribution is 6.33. The summed E-state index contributed by atoms with van der Waals surface area (Å²) in [6, 6.07) is 12.6. The van der Waals surface area contributed by atoms with Gasteiger partial charge in [-0.05, 0) is 37.6 Å². The van der Waals surface area contributed by atoms with Gasteiger partial charge in [0, 0.05) is 5.56 Å². The van der Waals surface area contributed by atoms with Crippen LogP contribution >= 0.6 is 11.6 Å². The molecule has 1 heterocycles. The van der Waals surface area contributed by atoms with E-state index in [1.54, 1.807) is 50.2 Å². The zero-order valence-corrected chi connectivity index (χ0v) is 14.7. The molecule has 0 saturated heterocycles. The Hall–Kier alpha value is -2.99. The molecule has 0 saturated carbocycles. The summed E-state index contributed by atoms with van der Waals surface area (Å²) in [7, 11) is 0. The SMILES string of the molecule is C/C(=N/OC(=O)c1c(-c2ccccc2Cl)noc1C)c1ccc(F)cc1. The van der Waals surface area contributed by atoms with Gasteiger partial charge in [0.25, 0.3) is 0 Å². The normalized spacial score (nSPS) is 11.5. The zero-order valence-electron chi connectivity index (χ0n) is 14.0. The summed E-state index contributed by atoms with van der Waals surface area (Å²) in [4.78, 5) is 17.5. The summed E-state index contributed by atoms with van der Waals surface area (Å²) in [6.45, 7) is 3.25. The molecule has 1 aromatic heterocycles. The van der Waals surface area contributed by atoms with Crippen molar-refractivity contribution in [1.82, 2.24) is 5.16 Å². The third kappa shape index (κ3) is 3.65. The first-order chi connectivity index (χ1) is 12.5. The van der Waals surface area contributed by atoms with Gasteiger partial charge in [-0.2, -0.15) is 0 Å². The van der Waals surface area contributed by atoms with E-state index in [0.29, 0.717) is 27.6 Å². The maximum Gasteiger partial charge on any atom is 0.371 e. The van der Waals surface area contributed by atoms with E-state index in [1.807, 2.05) is 0 Å². The van der Waals surface area contributed by atoms with Crippen molar-refractivity contribution >= 4 is 23.3 Å². The number of carbonyl (C=O) groups excluding carboxylic acids is 1. The Morgan fingerprint density at radius 2 is 1.88 bits per heavy atom. The van der Waals surface area contributed by atoms with E-state index >= 15 is 0 Å². The van der Waals surface area contributed by atoms with Crippen LogP contribution in [0.25, 0.3) is 11.3 Å². The van der Waals surface area contributed by atoms with Crippen molar-refractivity contribution in [3.05, 3.63) is 76.3 Å². The zero-order chi connectivity index (χ0) is 18.7. The van der Waals surface area contributed by atoms with Crippen molar-refractivity contribution in [2.45, 2.75) is 13.8 Å². The lowest BCUT2D eigenvalue weighted by molar-refractivity contribution is 0.0515. The van der Waals surface area contributed by atoms with E-state index in [2.05, 4.69) is 10.3 Å². The van der Waals surface area contributed by atoms with Crippen molar-refractivity contribution in [3.8, 4) is 11.3 Å². The van der Waals surface area contributed by atoms with Crippen LogP contribution in [-0.4, -0.2) is 16.8 Å². The molecule has 0 aliphatic carbocycles. The molecule has 132 valence electrons. The second kappa shape index (κ2) is 7.49. The molecule has 0 bridgehead atoms. The fraction of sp³-hybridized carbons (Fsp3) is 0.105. The molecule has 0 aliphatic rings. The third-order valence-electron chi connectivity index (χ3n) is 3.72. The minimum Gasteiger partial charge on any atom is -0.360 e. The number of aromatic nitrogens is 1. The first-order valence-electron chi connectivity index (χ1n) is 7.70. The highest BCUT2D eigenvalue weighted by atomic mass is 35.5. The summed E-state index contributed by atoms with van der Waals surface area (Å²) < 4.78 is 18.1. The van der Waals surface area contributed by atoms with E-state index in [9.17, 15) is 9.18 Å². The van der Waals surface area contributed by atoms with Gasteiger partial charge in [-0.25, -0.2) is 9.18 Å². The van der Waals surface area contributed by atoms with Crippen LogP contribution in [0.3, 0.4) is 0 Å². The monoisotopic (exact) mass is 372 g/mol. The van der Waals surface area contributed by atoms with Gasteiger partial charge in [0.2, 0.25) is 0 Å². The number of aryl methyl sites for hydroxylation is 1. The Kier molecular flexibility index (Phi) is 5.14. The second-order valence-corrected chi connectivity index (χ2v) is 5.91. The van der Waals surface area contributed by atoms with E-state index in [4.69, 9.17) is 21.0 Å². The van der Waals surface area contributed by atoms with Crippen LogP contribution in [0.2, 0.25) is 5.02 Å². The molecule has 5 nitrogen and oxygen atoms in total. The average molecular weight is 373 g/mol. The smallest absolute Gasteiger partial charge is 0.360 e. The number of rotatable bonds is 4. The first kappa shape index (κ1) is 17.8. The lowest BCUT2D eigenvalue weighted by Crippen LogP contribution is -2.06. The first-order valence-corrected chi connectivity index (χ1v) is 8.08. The van der Waals surface area contributed by atoms with Crippen molar-refractivity contribution < 1.29 is 18.5 Å². The average Bonchev–Trinajstić information content (AvgIpc) is 3.02. The molecule has 0 amide bonds. The maximum atomic E-state index is 13.0. The Labute approximate surface area is 154 Å². The molecule has 3 aromatic rings. The molecule has 0 N–H and O–H groups in total. The molecule has 0 radical (unpaired) electrons. The van der Waals surface area contributed by atoms with Crippen molar-refractivity contribution in [1.29, 1.82) is 0 Å². The highest BCUT2D eigenvalue weighted by Crippen LogP contribution is 2.31. The van der Waals surface area contributed by atoms with Gasteiger partial charge in [-0.1, -0.05) is 52.2 Å². The van der Waals surface area contributed by atoms with Gasteiger partial charge in [0.05, 0.1) is 10.7 Å². The maximum absolute atomic E-state index is 13.0. The summed E-state index contributed by atoms with van der Waals surface area (Å²) >= 11 is 6.17. The van der Waals surface area contributed by atoms with Gasteiger partial charge in [-0.15, -0.1) is 0 Å². The van der Waals surface area contributed by atoms with Gasteiger partial charge >= 0.3 is 5.97 Å². The molecular weight excluding hydrogens is 359 g/mol. The van der Waals surface area contributed by atoms with Crippen molar-refractivity contribution in [2.75, 3.05) is 0 Å². The van der Waals surface area contributed by atoms with E-state index < -0.39 is 5.97 Å². The molecule has 0 atom stereocenters. The van der Waals surface area contributed by atoms with Crippen LogP contribution in [0.5, 0.6) is 0 Å². The summed E-state index contributed by atoms with van der Waals surface area (Å²) in [5.41, 5.74) is 2.04. The molecule has 0 fully saturated rings. The van der Waals surface area contributed by atoms with Gasteiger partial charge in [0.1, 0.15) is 22.8 Å². The highest BCUT2D eigenvalue weighted by Gasteiger charge is 2.24. The van der Waals surface area contributed by atoms with Crippen molar-refractivity contribution in [3.63, 3.8) is 0 Å². The second-order valence-electron chi connectivity index (χ2n) is 5.50. The third-order valence-corrected chi connectivity index (χ3v) is 4.05. The van der Waals surface area contributed by atoms with E-state index in [0.717, 1.165) is 0 Å². The van der Waals surface area contributed by atoms with Crippen molar-refractivity contribution in [2.24, 2.45) is 5.16 Å². The number of oxime groups is 1. The topological polar surface area (TPSA) is 64.7 Å². The predicted octanol–water partition coefficient (Wildman–Crippen LogP) is 5.02. The van der Waals surface area contributed by atoms with E-state index in [1.165, 1.54) is 12.1 Å². The Morgan fingerprint density at radius 1 is 1.19 bits per heavy atom. The molecule has 0 spiro atoms. The fourth-order valence-electron chi connectivity index (χ4n) is 2.35. The minimum absolute atomic E-state index is 0.147. The Morgan fingerprint density at radius 3 is 2.58 bits per heavy atom. The van der Waals surface area contributed by atoms with Gasteiger partial charge in [0.15, 0.2) is 0 Å². The van der Waals surface area contributed by atoms with Crippen LogP contribution in [0.4, 0.5) is 4.39 Å². The van der Waals surface area contributed by atoms with Crippen LogP contribution in [0, 0.1) is 12.7 Å². The molecular formula is C19H14ClFN2O3. The Bertz CT molecular complexity index is 981. The molecule has 7 heteroatoms. The van der Waals surface area contributed by atoms with Crippen LogP contribution in [0.15, 0.2) is 58.2 Å². The van der Waals surface area contributed by atoms with E-state index in [-0.39, 0.29) is 17.1 Å². The fourth-order valence-corrected chi connectivity index (χ4v) is 2.57. The molecule has 3 rings (SSSR count). The van der Waals surface area contributed by atoms with Crippen LogP contribution in [0.1, 0.15) is 28.6 Å². The van der Waals surface area contributed by atoms with Gasteiger partial charge < -0.3 is 9.36 Å². The number of benzene rings is 2. The minimum atomic E-state index is -0.722. The molecule has 26 heavy (non-hydrogen) atoms. The number of carbonyl (C=O) groups is 1. The summed E-state index contributed by atoms with van der Waals surface area (Å²) in [5, 5.41) is 8.16. The predicted molar refractivity (Wildman–Crippen MR) is 95.7 cm³/mol. The lowest BCUT2D eigenvalue weighted by Gasteiger charge is -2.04. The number of hydrogen-bond acceptors (Lipinski definition) is 5. The summed E-state index contributed by atoms with van der Waals surface area (Å²) in [6.07, 6.45) is 0. The number of nitrogens with zero attached hydrogens (tertiary/aromatic N) is 2. The van der Waals surface area contributed by atoms with Crippen LogP contribution < -0.4 is 0 Å². The molecule has 0 unspecified atom stereocenters. The number of hydrogen-bond donors (Lipinski definition) is 0. The number of halogens is 2. The molecule has 0 aliphatic heterocycles. The molecule has 2 aromatic carbocycles. The largest absolute Gasteiger partial charge is 0.371 e. The lowest BCUT2D eigenvalue weighted by atomic mass is 10.1. The standard InChI is InChI=1S/C19H14ClFN2O3/c1-11(13-7-9-14(21)10-8-13)22-26-19(24)17-12(2)25-23-18(17)15-5-3-4-6-16(15)20/h3-10H,1-2H3/b22-11-. The Balaban J connectivity index is 1.87. The van der Waals surface area contributed by atoms with Gasteiger partial charge in [-0.3, -0.25) is 0 Å².